The standard InChI is InChI=1S/C10H15N2/c1-9(11(2)3)10-6-5-7-12(4)8-10/h5-8H,1H2,2-4H3/q+1. The Labute approximate surface area is 73.8 Å². The predicted molar refractivity (Wildman–Crippen MR) is 50.3 cm³/mol. The lowest BCUT2D eigenvalue weighted by molar-refractivity contribution is -0.671. The molecule has 64 valence electrons. The lowest BCUT2D eigenvalue weighted by Gasteiger charge is -2.13. The van der Waals surface area contributed by atoms with Crippen LogP contribution in [0.25, 0.3) is 5.70 Å². The molecule has 0 aromatic carbocycles. The summed E-state index contributed by atoms with van der Waals surface area (Å²) in [6, 6.07) is 4.08. The van der Waals surface area contributed by atoms with E-state index in [0.717, 1.165) is 11.3 Å². The fraction of sp³-hybridized carbons (Fsp3) is 0.300. The quantitative estimate of drug-likeness (QED) is 0.591. The van der Waals surface area contributed by atoms with Crippen molar-refractivity contribution in [2.75, 3.05) is 14.1 Å². The van der Waals surface area contributed by atoms with E-state index in [0.29, 0.717) is 0 Å². The second kappa shape index (κ2) is 3.39. The first-order valence-corrected chi connectivity index (χ1v) is 3.93. The Morgan fingerprint density at radius 1 is 1.50 bits per heavy atom. The highest BCUT2D eigenvalue weighted by Crippen LogP contribution is 2.10. The van der Waals surface area contributed by atoms with E-state index in [1.165, 1.54) is 0 Å². The maximum atomic E-state index is 3.98. The topological polar surface area (TPSA) is 7.12 Å². The van der Waals surface area contributed by atoms with Gasteiger partial charge >= 0.3 is 0 Å². The minimum atomic E-state index is 1.03. The fourth-order valence-corrected chi connectivity index (χ4v) is 1.02. The molecule has 0 bridgehead atoms. The van der Waals surface area contributed by atoms with Crippen molar-refractivity contribution in [3.63, 3.8) is 0 Å². The summed E-state index contributed by atoms with van der Waals surface area (Å²) in [4.78, 5) is 2.01. The second-order valence-electron chi connectivity index (χ2n) is 3.10. The highest BCUT2D eigenvalue weighted by Gasteiger charge is 2.03. The summed E-state index contributed by atoms with van der Waals surface area (Å²) in [5.41, 5.74) is 2.19. The Morgan fingerprint density at radius 3 is 2.67 bits per heavy atom. The van der Waals surface area contributed by atoms with E-state index in [-0.39, 0.29) is 0 Å². The van der Waals surface area contributed by atoms with E-state index in [4.69, 9.17) is 0 Å². The minimum Gasteiger partial charge on any atom is -0.377 e. The van der Waals surface area contributed by atoms with Gasteiger partial charge in [0.25, 0.3) is 0 Å². The van der Waals surface area contributed by atoms with Crippen LogP contribution in [0.4, 0.5) is 0 Å². The number of hydrogen-bond donors (Lipinski definition) is 0. The van der Waals surface area contributed by atoms with Gasteiger partial charge in [0, 0.05) is 25.9 Å². The summed E-state index contributed by atoms with van der Waals surface area (Å²) >= 11 is 0. The van der Waals surface area contributed by atoms with Gasteiger partial charge in [0.15, 0.2) is 12.4 Å². The fourth-order valence-electron chi connectivity index (χ4n) is 1.02. The number of pyridine rings is 1. The van der Waals surface area contributed by atoms with Crippen LogP contribution < -0.4 is 4.57 Å². The van der Waals surface area contributed by atoms with Crippen molar-refractivity contribution in [1.29, 1.82) is 0 Å². The van der Waals surface area contributed by atoms with Crippen molar-refractivity contribution in [2.24, 2.45) is 7.05 Å². The monoisotopic (exact) mass is 163 g/mol. The van der Waals surface area contributed by atoms with Gasteiger partial charge in [0.2, 0.25) is 0 Å². The highest BCUT2D eigenvalue weighted by molar-refractivity contribution is 5.59. The number of rotatable bonds is 2. The van der Waals surface area contributed by atoms with E-state index >= 15 is 0 Å². The third kappa shape index (κ3) is 1.84. The number of nitrogens with zero attached hydrogens (tertiary/aromatic N) is 2. The lowest BCUT2D eigenvalue weighted by atomic mass is 10.2. The van der Waals surface area contributed by atoms with Gasteiger partial charge < -0.3 is 4.90 Å². The van der Waals surface area contributed by atoms with Gasteiger partial charge in [-0.1, -0.05) is 6.58 Å². The summed E-state index contributed by atoms with van der Waals surface area (Å²) in [5.74, 6) is 0. The molecule has 0 aliphatic rings. The molecule has 2 heteroatoms. The Morgan fingerprint density at radius 2 is 2.17 bits per heavy atom. The van der Waals surface area contributed by atoms with Crippen molar-refractivity contribution < 1.29 is 4.57 Å². The van der Waals surface area contributed by atoms with Crippen molar-refractivity contribution in [3.8, 4) is 0 Å². The molecular weight excluding hydrogens is 148 g/mol. The smallest absolute Gasteiger partial charge is 0.177 e. The summed E-state index contributed by atoms with van der Waals surface area (Å²) in [6.45, 7) is 3.98. The van der Waals surface area contributed by atoms with E-state index in [1.807, 2.05) is 42.9 Å². The van der Waals surface area contributed by atoms with Crippen LogP contribution in [0, 0.1) is 0 Å². The van der Waals surface area contributed by atoms with Gasteiger partial charge in [0.05, 0.1) is 5.56 Å². The molecule has 2 nitrogen and oxygen atoms in total. The summed E-state index contributed by atoms with van der Waals surface area (Å²) in [7, 11) is 6.00. The molecule has 12 heavy (non-hydrogen) atoms. The molecule has 1 rings (SSSR count). The molecular formula is C10H15N2+. The zero-order valence-electron chi connectivity index (χ0n) is 7.91. The molecule has 0 saturated heterocycles. The molecule has 0 atom stereocenters. The normalized spacial score (nSPS) is 9.58. The first-order valence-electron chi connectivity index (χ1n) is 3.93. The Balaban J connectivity index is 2.96. The van der Waals surface area contributed by atoms with Crippen molar-refractivity contribution in [3.05, 3.63) is 36.7 Å². The number of aromatic nitrogens is 1. The SMILES string of the molecule is C=C(c1ccc[n+](C)c1)N(C)C. The molecule has 0 radical (unpaired) electrons. The molecule has 1 heterocycles. The highest BCUT2D eigenvalue weighted by atomic mass is 15.1. The Kier molecular flexibility index (Phi) is 2.48. The molecule has 0 aliphatic heterocycles. The van der Waals surface area contributed by atoms with Gasteiger partial charge in [-0.15, -0.1) is 0 Å². The molecule has 0 spiro atoms. The van der Waals surface area contributed by atoms with Crippen LogP contribution in [0.5, 0.6) is 0 Å². The maximum Gasteiger partial charge on any atom is 0.177 e. The van der Waals surface area contributed by atoms with Crippen molar-refractivity contribution in [1.82, 2.24) is 4.90 Å². The van der Waals surface area contributed by atoms with Crippen LogP contribution in [0.15, 0.2) is 31.1 Å². The van der Waals surface area contributed by atoms with Gasteiger partial charge in [0.1, 0.15) is 7.05 Å². The predicted octanol–water partition coefficient (Wildman–Crippen LogP) is 1.04. The number of aryl methyl sites for hydroxylation is 1. The van der Waals surface area contributed by atoms with E-state index in [1.54, 1.807) is 0 Å². The van der Waals surface area contributed by atoms with E-state index < -0.39 is 0 Å². The van der Waals surface area contributed by atoms with Crippen LogP contribution >= 0.6 is 0 Å². The zero-order valence-corrected chi connectivity index (χ0v) is 7.91. The van der Waals surface area contributed by atoms with Crippen molar-refractivity contribution >= 4 is 5.70 Å². The van der Waals surface area contributed by atoms with E-state index in [9.17, 15) is 0 Å². The molecule has 0 aliphatic carbocycles. The number of hydrogen-bond acceptors (Lipinski definition) is 1. The van der Waals surface area contributed by atoms with Gasteiger partial charge in [-0.05, 0) is 6.07 Å². The van der Waals surface area contributed by atoms with Crippen LogP contribution in [-0.2, 0) is 7.05 Å². The van der Waals surface area contributed by atoms with Crippen LogP contribution in [-0.4, -0.2) is 19.0 Å². The average molecular weight is 163 g/mol. The molecule has 0 unspecified atom stereocenters. The molecule has 0 fully saturated rings. The first kappa shape index (κ1) is 8.78. The van der Waals surface area contributed by atoms with Gasteiger partial charge in [-0.25, -0.2) is 4.57 Å². The third-order valence-corrected chi connectivity index (χ3v) is 1.81. The van der Waals surface area contributed by atoms with Crippen LogP contribution in [0.3, 0.4) is 0 Å². The molecule has 0 amide bonds. The average Bonchev–Trinajstić information content (AvgIpc) is 2.03. The Bertz CT molecular complexity index is 290. The van der Waals surface area contributed by atoms with Crippen LogP contribution in [0.1, 0.15) is 5.56 Å². The summed E-state index contributed by atoms with van der Waals surface area (Å²) in [6.07, 6.45) is 4.06. The zero-order chi connectivity index (χ0) is 9.14. The first-order chi connectivity index (χ1) is 5.61. The summed E-state index contributed by atoms with van der Waals surface area (Å²) in [5, 5.41) is 0. The Hall–Kier alpha value is -1.31. The molecule has 0 saturated carbocycles. The lowest BCUT2D eigenvalue weighted by Crippen LogP contribution is -2.27. The third-order valence-electron chi connectivity index (χ3n) is 1.81. The molecule has 0 N–H and O–H groups in total. The second-order valence-corrected chi connectivity index (χ2v) is 3.10. The largest absolute Gasteiger partial charge is 0.377 e. The van der Waals surface area contributed by atoms with Crippen molar-refractivity contribution in [2.45, 2.75) is 0 Å². The van der Waals surface area contributed by atoms with Gasteiger partial charge in [-0.3, -0.25) is 0 Å². The van der Waals surface area contributed by atoms with E-state index in [2.05, 4.69) is 18.8 Å². The minimum absolute atomic E-state index is 1.03. The van der Waals surface area contributed by atoms with Crippen LogP contribution in [0.2, 0.25) is 0 Å². The summed E-state index contributed by atoms with van der Waals surface area (Å²) < 4.78 is 2.02. The maximum absolute atomic E-state index is 3.98. The van der Waals surface area contributed by atoms with Gasteiger partial charge in [-0.2, -0.15) is 0 Å². The molecule has 1 aromatic rings. The molecule has 1 aromatic heterocycles.